The molecule has 0 bridgehead atoms. The van der Waals surface area contributed by atoms with Gasteiger partial charge in [-0.1, -0.05) is 17.7 Å². The Labute approximate surface area is 115 Å². The highest BCUT2D eigenvalue weighted by atomic mass is 35.5. The fourth-order valence-corrected chi connectivity index (χ4v) is 2.01. The molecule has 0 unspecified atom stereocenters. The predicted molar refractivity (Wildman–Crippen MR) is 74.9 cm³/mol. The number of nitrogens with one attached hydrogen (secondary N) is 1. The fraction of sp³-hybridized carbons (Fsp3) is 0.167. The quantitative estimate of drug-likeness (QED) is 0.787. The molecular weight excluding hydrogens is 266 g/mol. The number of rotatable bonds is 4. The van der Waals surface area contributed by atoms with E-state index in [1.165, 1.54) is 0 Å². The smallest absolute Gasteiger partial charge is 0.252 e. The van der Waals surface area contributed by atoms with E-state index < -0.39 is 5.91 Å². The number of halogens is 1. The van der Waals surface area contributed by atoms with Gasteiger partial charge in [0.2, 0.25) is 0 Å². The highest BCUT2D eigenvalue weighted by Crippen LogP contribution is 2.24. The zero-order valence-electron chi connectivity index (χ0n) is 10.4. The van der Waals surface area contributed by atoms with Crippen molar-refractivity contribution in [2.24, 2.45) is 12.8 Å². The molecule has 5 N–H and O–H groups in total. The standard InChI is InChI=1S/C12H14ClN5O/c1-18-11(14)7(6-17-18)5-16-9-4-2-3-8(13)10(9)12(15)19/h2-4,6,16H,5,14H2,1H3,(H2,15,19). The van der Waals surface area contributed by atoms with Gasteiger partial charge in [0.25, 0.3) is 5.91 Å². The van der Waals surface area contributed by atoms with Crippen molar-refractivity contribution in [2.75, 3.05) is 11.1 Å². The second-order valence-corrected chi connectivity index (χ2v) is 4.47. The molecule has 0 radical (unpaired) electrons. The summed E-state index contributed by atoms with van der Waals surface area (Å²) in [6.45, 7) is 0.431. The molecule has 1 amide bonds. The summed E-state index contributed by atoms with van der Waals surface area (Å²) < 4.78 is 1.57. The Morgan fingerprint density at radius 3 is 2.84 bits per heavy atom. The number of anilines is 2. The van der Waals surface area contributed by atoms with Gasteiger partial charge in [0.05, 0.1) is 16.8 Å². The first-order valence-corrected chi connectivity index (χ1v) is 5.97. The van der Waals surface area contributed by atoms with Gasteiger partial charge in [-0.15, -0.1) is 0 Å². The Kier molecular flexibility index (Phi) is 3.62. The first kappa shape index (κ1) is 13.2. The zero-order valence-corrected chi connectivity index (χ0v) is 11.1. The van der Waals surface area contributed by atoms with Crippen LogP contribution in [0, 0.1) is 0 Å². The Hall–Kier alpha value is -2.21. The molecule has 2 aromatic rings. The van der Waals surface area contributed by atoms with Crippen molar-refractivity contribution in [1.29, 1.82) is 0 Å². The van der Waals surface area contributed by atoms with E-state index in [9.17, 15) is 4.79 Å². The number of primary amides is 1. The Balaban J connectivity index is 2.23. The predicted octanol–water partition coefficient (Wildman–Crippen LogP) is 1.37. The summed E-state index contributed by atoms with van der Waals surface area (Å²) in [4.78, 5) is 11.4. The molecule has 100 valence electrons. The Bertz CT molecular complexity index is 623. The lowest BCUT2D eigenvalue weighted by molar-refractivity contribution is 0.100. The van der Waals surface area contributed by atoms with Gasteiger partial charge in [-0.05, 0) is 12.1 Å². The third-order valence-electron chi connectivity index (χ3n) is 2.79. The number of hydrogen-bond donors (Lipinski definition) is 3. The average Bonchev–Trinajstić information content (AvgIpc) is 2.67. The molecule has 0 aliphatic rings. The second-order valence-electron chi connectivity index (χ2n) is 4.06. The van der Waals surface area contributed by atoms with Crippen LogP contribution in [0.2, 0.25) is 5.02 Å². The number of amides is 1. The average molecular weight is 280 g/mol. The maximum Gasteiger partial charge on any atom is 0.252 e. The van der Waals surface area contributed by atoms with Gasteiger partial charge in [-0.3, -0.25) is 9.48 Å². The molecule has 0 atom stereocenters. The third kappa shape index (κ3) is 2.63. The molecule has 19 heavy (non-hydrogen) atoms. The van der Waals surface area contributed by atoms with Gasteiger partial charge >= 0.3 is 0 Å². The van der Waals surface area contributed by atoms with E-state index in [1.807, 2.05) is 0 Å². The Morgan fingerprint density at radius 1 is 1.53 bits per heavy atom. The van der Waals surface area contributed by atoms with Crippen LogP contribution in [0.15, 0.2) is 24.4 Å². The molecule has 1 heterocycles. The molecule has 0 aliphatic carbocycles. The lowest BCUT2D eigenvalue weighted by Gasteiger charge is -2.11. The number of hydrogen-bond acceptors (Lipinski definition) is 4. The lowest BCUT2D eigenvalue weighted by atomic mass is 10.1. The van der Waals surface area contributed by atoms with Gasteiger partial charge in [0, 0.05) is 24.8 Å². The SMILES string of the molecule is Cn1ncc(CNc2cccc(Cl)c2C(N)=O)c1N. The zero-order chi connectivity index (χ0) is 14.0. The van der Waals surface area contributed by atoms with Crippen LogP contribution in [0.3, 0.4) is 0 Å². The molecule has 0 saturated carbocycles. The van der Waals surface area contributed by atoms with Gasteiger partial charge in [-0.25, -0.2) is 0 Å². The van der Waals surface area contributed by atoms with E-state index in [0.29, 0.717) is 23.1 Å². The maximum atomic E-state index is 11.4. The minimum atomic E-state index is -0.577. The molecule has 1 aromatic carbocycles. The van der Waals surface area contributed by atoms with Crippen LogP contribution in [0.25, 0.3) is 0 Å². The third-order valence-corrected chi connectivity index (χ3v) is 3.11. The van der Waals surface area contributed by atoms with Crippen LogP contribution >= 0.6 is 11.6 Å². The van der Waals surface area contributed by atoms with Crippen molar-refractivity contribution >= 4 is 29.0 Å². The largest absolute Gasteiger partial charge is 0.384 e. The lowest BCUT2D eigenvalue weighted by Crippen LogP contribution is -2.15. The molecule has 6 nitrogen and oxygen atoms in total. The van der Waals surface area contributed by atoms with Gasteiger partial charge in [-0.2, -0.15) is 5.10 Å². The summed E-state index contributed by atoms with van der Waals surface area (Å²) in [6, 6.07) is 5.09. The van der Waals surface area contributed by atoms with E-state index in [-0.39, 0.29) is 5.56 Å². The van der Waals surface area contributed by atoms with Crippen molar-refractivity contribution in [2.45, 2.75) is 6.54 Å². The van der Waals surface area contributed by atoms with Crippen molar-refractivity contribution < 1.29 is 4.79 Å². The minimum absolute atomic E-state index is 0.270. The van der Waals surface area contributed by atoms with Crippen molar-refractivity contribution in [3.63, 3.8) is 0 Å². The molecule has 0 fully saturated rings. The van der Waals surface area contributed by atoms with Crippen molar-refractivity contribution in [3.05, 3.63) is 40.5 Å². The van der Waals surface area contributed by atoms with E-state index in [0.717, 1.165) is 5.56 Å². The van der Waals surface area contributed by atoms with Crippen LogP contribution in [-0.2, 0) is 13.6 Å². The number of nitrogens with two attached hydrogens (primary N) is 2. The summed E-state index contributed by atoms with van der Waals surface area (Å²) >= 11 is 5.96. The molecule has 1 aromatic heterocycles. The van der Waals surface area contributed by atoms with E-state index in [2.05, 4.69) is 10.4 Å². The summed E-state index contributed by atoms with van der Waals surface area (Å²) in [7, 11) is 1.76. The van der Waals surface area contributed by atoms with Crippen molar-refractivity contribution in [3.8, 4) is 0 Å². The number of nitrogen functional groups attached to an aromatic ring is 1. The number of carbonyl (C=O) groups excluding carboxylic acids is 1. The fourth-order valence-electron chi connectivity index (χ4n) is 1.74. The highest BCUT2D eigenvalue weighted by molar-refractivity contribution is 6.34. The minimum Gasteiger partial charge on any atom is -0.384 e. The normalized spacial score (nSPS) is 10.4. The molecule has 0 spiro atoms. The van der Waals surface area contributed by atoms with Crippen LogP contribution in [0.5, 0.6) is 0 Å². The monoisotopic (exact) mass is 279 g/mol. The topological polar surface area (TPSA) is 99.0 Å². The first-order chi connectivity index (χ1) is 9.00. The van der Waals surface area contributed by atoms with Gasteiger partial charge in [0.15, 0.2) is 0 Å². The summed E-state index contributed by atoms with van der Waals surface area (Å²) in [5, 5.41) is 7.44. The summed E-state index contributed by atoms with van der Waals surface area (Å²) in [5.74, 6) is -0.0117. The number of benzene rings is 1. The molecule has 7 heteroatoms. The summed E-state index contributed by atoms with van der Waals surface area (Å²) in [6.07, 6.45) is 1.66. The number of nitrogens with zero attached hydrogens (tertiary/aromatic N) is 2. The number of carbonyl (C=O) groups is 1. The van der Waals surface area contributed by atoms with Crippen LogP contribution in [0.4, 0.5) is 11.5 Å². The maximum absolute atomic E-state index is 11.4. The second kappa shape index (κ2) is 5.19. The van der Waals surface area contributed by atoms with E-state index in [4.69, 9.17) is 23.1 Å². The molecular formula is C12H14ClN5O. The molecule has 0 aliphatic heterocycles. The van der Waals surface area contributed by atoms with Crippen LogP contribution < -0.4 is 16.8 Å². The number of aromatic nitrogens is 2. The summed E-state index contributed by atoms with van der Waals surface area (Å²) in [5.41, 5.74) is 12.8. The van der Waals surface area contributed by atoms with E-state index in [1.54, 1.807) is 36.1 Å². The molecule has 0 saturated heterocycles. The van der Waals surface area contributed by atoms with Crippen LogP contribution in [0.1, 0.15) is 15.9 Å². The molecule has 2 rings (SSSR count). The Morgan fingerprint density at radius 2 is 2.26 bits per heavy atom. The van der Waals surface area contributed by atoms with Gasteiger partial charge < -0.3 is 16.8 Å². The first-order valence-electron chi connectivity index (χ1n) is 5.59. The van der Waals surface area contributed by atoms with Gasteiger partial charge in [0.1, 0.15) is 5.82 Å². The number of aryl methyl sites for hydroxylation is 1. The van der Waals surface area contributed by atoms with E-state index >= 15 is 0 Å². The van der Waals surface area contributed by atoms with Crippen molar-refractivity contribution in [1.82, 2.24) is 9.78 Å². The van der Waals surface area contributed by atoms with Crippen LogP contribution in [-0.4, -0.2) is 15.7 Å². The highest BCUT2D eigenvalue weighted by Gasteiger charge is 2.13.